The minimum atomic E-state index is -0.214. The van der Waals surface area contributed by atoms with Crippen molar-refractivity contribution in [3.63, 3.8) is 0 Å². The molecule has 4 nitrogen and oxygen atoms in total. The van der Waals surface area contributed by atoms with Crippen LogP contribution in [0.15, 0.2) is 67.0 Å². The summed E-state index contributed by atoms with van der Waals surface area (Å²) < 4.78 is 20.8. The van der Waals surface area contributed by atoms with E-state index < -0.39 is 0 Å². The molecule has 5 heteroatoms. The number of hydrogen-bond acceptors (Lipinski definition) is 3. The van der Waals surface area contributed by atoms with Crippen LogP contribution in [0.4, 0.5) is 4.39 Å². The van der Waals surface area contributed by atoms with E-state index in [0.29, 0.717) is 6.61 Å². The van der Waals surface area contributed by atoms with Crippen LogP contribution in [0, 0.1) is 5.82 Å². The molecule has 1 aliphatic rings. The molecule has 0 saturated carbocycles. The van der Waals surface area contributed by atoms with Crippen molar-refractivity contribution in [2.24, 2.45) is 0 Å². The highest BCUT2D eigenvalue weighted by molar-refractivity contribution is 5.33. The standard InChI is InChI=1S/C20H20FN3O/c21-18-6-4-17(5-7-18)20-15-23(12-13-25-20)14-16-2-8-19(9-3-16)24-11-1-10-22-24/h1-11,20H,12-15H2/t20-/m1/s1. The first kappa shape index (κ1) is 16.0. The van der Waals surface area contributed by atoms with E-state index in [1.165, 1.54) is 17.7 Å². The Morgan fingerprint density at radius 2 is 1.88 bits per heavy atom. The zero-order valence-electron chi connectivity index (χ0n) is 13.9. The molecular weight excluding hydrogens is 317 g/mol. The fraction of sp³-hybridized carbons (Fsp3) is 0.250. The predicted molar refractivity (Wildman–Crippen MR) is 93.9 cm³/mol. The molecule has 25 heavy (non-hydrogen) atoms. The lowest BCUT2D eigenvalue weighted by Gasteiger charge is -2.33. The maximum atomic E-state index is 13.1. The van der Waals surface area contributed by atoms with Crippen molar-refractivity contribution in [2.45, 2.75) is 12.6 Å². The van der Waals surface area contributed by atoms with E-state index in [2.05, 4.69) is 34.3 Å². The van der Waals surface area contributed by atoms with E-state index in [0.717, 1.165) is 30.9 Å². The summed E-state index contributed by atoms with van der Waals surface area (Å²) in [5.41, 5.74) is 3.34. The average molecular weight is 337 g/mol. The molecule has 1 saturated heterocycles. The molecule has 2 aromatic carbocycles. The number of morpholine rings is 1. The molecule has 2 heterocycles. The van der Waals surface area contributed by atoms with Gasteiger partial charge in [0.1, 0.15) is 5.82 Å². The lowest BCUT2D eigenvalue weighted by molar-refractivity contribution is -0.0329. The number of aromatic nitrogens is 2. The van der Waals surface area contributed by atoms with Gasteiger partial charge in [-0.25, -0.2) is 9.07 Å². The lowest BCUT2D eigenvalue weighted by atomic mass is 10.1. The summed E-state index contributed by atoms with van der Waals surface area (Å²) in [4.78, 5) is 2.38. The summed E-state index contributed by atoms with van der Waals surface area (Å²) in [7, 11) is 0. The first-order chi connectivity index (χ1) is 12.3. The summed E-state index contributed by atoms with van der Waals surface area (Å²) in [5, 5.41) is 4.24. The van der Waals surface area contributed by atoms with E-state index >= 15 is 0 Å². The van der Waals surface area contributed by atoms with Crippen LogP contribution in [0.25, 0.3) is 5.69 Å². The highest BCUT2D eigenvalue weighted by Gasteiger charge is 2.22. The Morgan fingerprint density at radius 1 is 1.08 bits per heavy atom. The van der Waals surface area contributed by atoms with Gasteiger partial charge in [-0.3, -0.25) is 4.90 Å². The fourth-order valence-electron chi connectivity index (χ4n) is 3.16. The van der Waals surface area contributed by atoms with E-state index in [1.54, 1.807) is 6.20 Å². The van der Waals surface area contributed by atoms with Crippen LogP contribution in [0.1, 0.15) is 17.2 Å². The van der Waals surface area contributed by atoms with Crippen LogP contribution in [0.3, 0.4) is 0 Å². The highest BCUT2D eigenvalue weighted by Crippen LogP contribution is 2.23. The first-order valence-electron chi connectivity index (χ1n) is 8.46. The molecule has 0 radical (unpaired) electrons. The Balaban J connectivity index is 1.41. The van der Waals surface area contributed by atoms with Gasteiger partial charge >= 0.3 is 0 Å². The van der Waals surface area contributed by atoms with Gasteiger partial charge in [-0.15, -0.1) is 0 Å². The van der Waals surface area contributed by atoms with Gasteiger partial charge in [0.05, 0.1) is 18.4 Å². The second-order valence-electron chi connectivity index (χ2n) is 6.26. The van der Waals surface area contributed by atoms with Gasteiger partial charge in [0.15, 0.2) is 0 Å². The molecule has 0 bridgehead atoms. The molecule has 128 valence electrons. The number of halogens is 1. The Labute approximate surface area is 146 Å². The van der Waals surface area contributed by atoms with Crippen molar-refractivity contribution in [3.8, 4) is 5.69 Å². The number of hydrogen-bond donors (Lipinski definition) is 0. The number of benzene rings is 2. The normalized spacial score (nSPS) is 18.4. The Bertz CT molecular complexity index is 800. The quantitative estimate of drug-likeness (QED) is 0.729. The van der Waals surface area contributed by atoms with Gasteiger partial charge in [-0.2, -0.15) is 5.10 Å². The Morgan fingerprint density at radius 3 is 2.60 bits per heavy atom. The van der Waals surface area contributed by atoms with Crippen molar-refractivity contribution in [1.29, 1.82) is 0 Å². The average Bonchev–Trinajstić information content (AvgIpc) is 3.18. The zero-order chi connectivity index (χ0) is 17.1. The topological polar surface area (TPSA) is 30.3 Å². The largest absolute Gasteiger partial charge is 0.371 e. The summed E-state index contributed by atoms with van der Waals surface area (Å²) in [5.74, 6) is -0.214. The third-order valence-electron chi connectivity index (χ3n) is 4.50. The van der Waals surface area contributed by atoms with E-state index in [9.17, 15) is 4.39 Å². The molecule has 1 aliphatic heterocycles. The maximum absolute atomic E-state index is 13.1. The number of nitrogens with zero attached hydrogens (tertiary/aromatic N) is 3. The monoisotopic (exact) mass is 337 g/mol. The maximum Gasteiger partial charge on any atom is 0.123 e. The minimum Gasteiger partial charge on any atom is -0.371 e. The molecule has 1 atom stereocenters. The van der Waals surface area contributed by atoms with E-state index in [1.807, 2.05) is 29.1 Å². The van der Waals surface area contributed by atoms with Gasteiger partial charge in [0.2, 0.25) is 0 Å². The highest BCUT2D eigenvalue weighted by atomic mass is 19.1. The van der Waals surface area contributed by atoms with Gasteiger partial charge < -0.3 is 4.74 Å². The van der Waals surface area contributed by atoms with Crippen molar-refractivity contribution in [3.05, 3.63) is 83.9 Å². The summed E-state index contributed by atoms with van der Waals surface area (Å²) in [6.45, 7) is 3.28. The summed E-state index contributed by atoms with van der Waals surface area (Å²) >= 11 is 0. The number of ether oxygens (including phenoxy) is 1. The second kappa shape index (κ2) is 7.17. The lowest BCUT2D eigenvalue weighted by Crippen LogP contribution is -2.37. The molecule has 0 spiro atoms. The molecular formula is C20H20FN3O. The van der Waals surface area contributed by atoms with Crippen LogP contribution in [0.5, 0.6) is 0 Å². The van der Waals surface area contributed by atoms with Gasteiger partial charge in [-0.05, 0) is 41.5 Å². The SMILES string of the molecule is Fc1ccc([C@H]2CN(Cc3ccc(-n4cccn4)cc3)CCO2)cc1. The van der Waals surface area contributed by atoms with Crippen LogP contribution < -0.4 is 0 Å². The van der Waals surface area contributed by atoms with Gasteiger partial charge in [0, 0.05) is 32.0 Å². The van der Waals surface area contributed by atoms with Crippen molar-refractivity contribution >= 4 is 0 Å². The molecule has 0 unspecified atom stereocenters. The molecule has 0 N–H and O–H groups in total. The molecule has 0 amide bonds. The van der Waals surface area contributed by atoms with Gasteiger partial charge in [0.25, 0.3) is 0 Å². The van der Waals surface area contributed by atoms with Crippen LogP contribution in [0.2, 0.25) is 0 Å². The van der Waals surface area contributed by atoms with Gasteiger partial charge in [-0.1, -0.05) is 24.3 Å². The predicted octanol–water partition coefficient (Wildman–Crippen LogP) is 3.58. The van der Waals surface area contributed by atoms with Crippen molar-refractivity contribution in [1.82, 2.24) is 14.7 Å². The number of rotatable bonds is 4. The summed E-state index contributed by atoms with van der Waals surface area (Å²) in [6.07, 6.45) is 3.71. The van der Waals surface area contributed by atoms with Crippen LogP contribution in [-0.2, 0) is 11.3 Å². The van der Waals surface area contributed by atoms with E-state index in [-0.39, 0.29) is 11.9 Å². The molecule has 1 aromatic heterocycles. The molecule has 1 fully saturated rings. The Kier molecular flexibility index (Phi) is 4.59. The smallest absolute Gasteiger partial charge is 0.123 e. The minimum absolute atomic E-state index is 0.00213. The third-order valence-corrected chi connectivity index (χ3v) is 4.50. The van der Waals surface area contributed by atoms with Crippen molar-refractivity contribution in [2.75, 3.05) is 19.7 Å². The van der Waals surface area contributed by atoms with Crippen LogP contribution in [-0.4, -0.2) is 34.4 Å². The second-order valence-corrected chi connectivity index (χ2v) is 6.26. The first-order valence-corrected chi connectivity index (χ1v) is 8.46. The van der Waals surface area contributed by atoms with E-state index in [4.69, 9.17) is 4.74 Å². The molecule has 0 aliphatic carbocycles. The van der Waals surface area contributed by atoms with Crippen LogP contribution >= 0.6 is 0 Å². The van der Waals surface area contributed by atoms with Crippen molar-refractivity contribution < 1.29 is 9.13 Å². The zero-order valence-corrected chi connectivity index (χ0v) is 13.9. The summed E-state index contributed by atoms with van der Waals surface area (Å²) in [6, 6.07) is 17.0. The Hall–Kier alpha value is -2.50. The molecule has 3 aromatic rings. The molecule has 4 rings (SSSR count). The fourth-order valence-corrected chi connectivity index (χ4v) is 3.16. The third kappa shape index (κ3) is 3.78.